The van der Waals surface area contributed by atoms with Gasteiger partial charge in [-0.15, -0.1) is 0 Å². The molecule has 1 aromatic carbocycles. The highest BCUT2D eigenvalue weighted by Crippen LogP contribution is 2.18. The van der Waals surface area contributed by atoms with Crippen LogP contribution in [0, 0.1) is 5.82 Å². The van der Waals surface area contributed by atoms with E-state index in [4.69, 9.17) is 0 Å². The minimum absolute atomic E-state index is 0.118. The predicted octanol–water partition coefficient (Wildman–Crippen LogP) is 0.293. The number of carbonyl (C=O) groups excluding carboxylic acids is 2. The molecule has 4 N–H and O–H groups in total. The van der Waals surface area contributed by atoms with E-state index < -0.39 is 30.0 Å². The first-order valence-corrected chi connectivity index (χ1v) is 9.08. The number of aliphatic hydroxyl groups excluding tert-OH is 2. The number of aromatic amines is 1. The molecule has 1 unspecified atom stereocenters. The molecule has 150 valence electrons. The second-order valence-electron chi connectivity index (χ2n) is 6.93. The number of nitrogens with zero attached hydrogens (tertiary/aromatic N) is 2. The minimum Gasteiger partial charge on any atom is -0.391 e. The maximum atomic E-state index is 13.3. The molecule has 0 spiro atoms. The summed E-state index contributed by atoms with van der Waals surface area (Å²) in [7, 11) is 0. The highest BCUT2D eigenvalue weighted by atomic mass is 19.1. The van der Waals surface area contributed by atoms with Gasteiger partial charge in [0.1, 0.15) is 5.82 Å². The molecule has 2 aromatic rings. The van der Waals surface area contributed by atoms with Crippen LogP contribution in [0.5, 0.6) is 0 Å². The second kappa shape index (κ2) is 8.94. The van der Waals surface area contributed by atoms with Crippen LogP contribution in [-0.2, 0) is 16.0 Å². The van der Waals surface area contributed by atoms with Crippen molar-refractivity contribution in [2.75, 3.05) is 13.1 Å². The van der Waals surface area contributed by atoms with Crippen LogP contribution in [0.2, 0.25) is 0 Å². The van der Waals surface area contributed by atoms with Crippen LogP contribution in [0.15, 0.2) is 36.7 Å². The Balaban J connectivity index is 1.54. The Bertz CT molecular complexity index is 814. The Kier molecular flexibility index (Phi) is 6.37. The summed E-state index contributed by atoms with van der Waals surface area (Å²) in [5.41, 5.74) is 1.06. The summed E-state index contributed by atoms with van der Waals surface area (Å²) in [5, 5.41) is 29.4. The largest absolute Gasteiger partial charge is 0.391 e. The molecule has 8 nitrogen and oxygen atoms in total. The number of benzene rings is 1. The third-order valence-electron chi connectivity index (χ3n) is 4.80. The molecule has 2 amide bonds. The molecule has 1 aliphatic rings. The van der Waals surface area contributed by atoms with Gasteiger partial charge in [-0.3, -0.25) is 14.7 Å². The lowest BCUT2D eigenvalue weighted by atomic mass is 10.0. The van der Waals surface area contributed by atoms with E-state index in [-0.39, 0.29) is 25.3 Å². The van der Waals surface area contributed by atoms with Crippen molar-refractivity contribution in [2.24, 2.45) is 0 Å². The Hall–Kier alpha value is -2.78. The van der Waals surface area contributed by atoms with Crippen LogP contribution >= 0.6 is 0 Å². The average Bonchev–Trinajstić information content (AvgIpc) is 3.16. The summed E-state index contributed by atoms with van der Waals surface area (Å²) in [6.07, 6.45) is 1.53. The van der Waals surface area contributed by atoms with E-state index in [1.165, 1.54) is 24.3 Å². The molecule has 1 aliphatic heterocycles. The van der Waals surface area contributed by atoms with Crippen molar-refractivity contribution >= 4 is 11.8 Å². The van der Waals surface area contributed by atoms with Crippen LogP contribution < -0.4 is 5.32 Å². The molecule has 1 saturated heterocycles. The fraction of sp³-hybridized carbons (Fsp3) is 0.421. The number of nitrogens with one attached hydrogen (secondary N) is 2. The van der Waals surface area contributed by atoms with Crippen molar-refractivity contribution in [3.63, 3.8) is 0 Å². The molecule has 1 fully saturated rings. The molecular weight excluding hydrogens is 367 g/mol. The normalized spacial score (nSPS) is 20.6. The van der Waals surface area contributed by atoms with Crippen LogP contribution in [0.1, 0.15) is 30.1 Å². The molecule has 28 heavy (non-hydrogen) atoms. The minimum atomic E-state index is -1.16. The third-order valence-corrected chi connectivity index (χ3v) is 4.80. The average molecular weight is 390 g/mol. The summed E-state index contributed by atoms with van der Waals surface area (Å²) < 4.78 is 13.3. The summed E-state index contributed by atoms with van der Waals surface area (Å²) in [5.74, 6) is -1.09. The third kappa shape index (κ3) is 5.14. The molecule has 3 rings (SSSR count). The number of likely N-dealkylation sites (tertiary alicyclic amines) is 1. The van der Waals surface area contributed by atoms with E-state index in [9.17, 15) is 24.2 Å². The van der Waals surface area contributed by atoms with E-state index in [0.717, 1.165) is 5.56 Å². The van der Waals surface area contributed by atoms with Crippen LogP contribution in [-0.4, -0.2) is 62.4 Å². The van der Waals surface area contributed by atoms with Crippen LogP contribution in [0.25, 0.3) is 0 Å². The maximum absolute atomic E-state index is 13.3. The first-order valence-electron chi connectivity index (χ1n) is 9.08. The zero-order valence-electron chi connectivity index (χ0n) is 15.2. The summed E-state index contributed by atoms with van der Waals surface area (Å²) in [6, 6.07) is 4.79. The van der Waals surface area contributed by atoms with E-state index in [1.54, 1.807) is 17.3 Å². The number of rotatable bonds is 6. The lowest BCUT2D eigenvalue weighted by Crippen LogP contribution is -2.56. The number of aromatic nitrogens is 2. The molecule has 0 saturated carbocycles. The summed E-state index contributed by atoms with van der Waals surface area (Å²) >= 11 is 0. The monoisotopic (exact) mass is 390 g/mol. The van der Waals surface area contributed by atoms with Crippen molar-refractivity contribution in [3.05, 3.63) is 53.6 Å². The Labute approximate surface area is 161 Å². The SMILES string of the molecule is O=C(CC(O)c1cccc(F)c1)N[C@@H]1CN(C(=O)Cc2cn[nH]c2)CC[C@H]1O. The zero-order chi connectivity index (χ0) is 20.1. The first kappa shape index (κ1) is 20.0. The van der Waals surface area contributed by atoms with E-state index >= 15 is 0 Å². The van der Waals surface area contributed by atoms with Crippen molar-refractivity contribution in [1.82, 2.24) is 20.4 Å². The molecule has 3 atom stereocenters. The number of amides is 2. The molecular formula is C19H23FN4O4. The number of halogens is 1. The molecule has 1 aromatic heterocycles. The fourth-order valence-corrected chi connectivity index (χ4v) is 3.24. The molecule has 0 radical (unpaired) electrons. The zero-order valence-corrected chi connectivity index (χ0v) is 15.2. The fourth-order valence-electron chi connectivity index (χ4n) is 3.24. The van der Waals surface area contributed by atoms with Gasteiger partial charge in [0.25, 0.3) is 0 Å². The van der Waals surface area contributed by atoms with Crippen molar-refractivity contribution < 1.29 is 24.2 Å². The maximum Gasteiger partial charge on any atom is 0.227 e. The number of piperidine rings is 1. The lowest BCUT2D eigenvalue weighted by molar-refractivity contribution is -0.135. The van der Waals surface area contributed by atoms with Crippen LogP contribution in [0.4, 0.5) is 4.39 Å². The van der Waals surface area contributed by atoms with Gasteiger partial charge in [-0.1, -0.05) is 12.1 Å². The van der Waals surface area contributed by atoms with Gasteiger partial charge in [-0.25, -0.2) is 4.39 Å². The molecule has 0 aliphatic carbocycles. The number of carbonyl (C=O) groups is 2. The molecule has 9 heteroatoms. The van der Waals surface area contributed by atoms with Gasteiger partial charge < -0.3 is 20.4 Å². The number of aliphatic hydroxyl groups is 2. The summed E-state index contributed by atoms with van der Waals surface area (Å²) in [6.45, 7) is 0.579. The predicted molar refractivity (Wildman–Crippen MR) is 97.4 cm³/mol. The van der Waals surface area contributed by atoms with Gasteiger partial charge in [0.2, 0.25) is 11.8 Å². The topological polar surface area (TPSA) is 119 Å². The van der Waals surface area contributed by atoms with E-state index in [0.29, 0.717) is 18.5 Å². The Morgan fingerprint density at radius 2 is 2.25 bits per heavy atom. The van der Waals surface area contributed by atoms with Gasteiger partial charge in [-0.2, -0.15) is 5.10 Å². The van der Waals surface area contributed by atoms with Gasteiger partial charge in [0.05, 0.1) is 37.3 Å². The van der Waals surface area contributed by atoms with E-state index in [2.05, 4.69) is 15.5 Å². The molecule has 2 heterocycles. The highest BCUT2D eigenvalue weighted by molar-refractivity contribution is 5.79. The quantitative estimate of drug-likeness (QED) is 0.566. The number of H-pyrrole nitrogens is 1. The lowest BCUT2D eigenvalue weighted by Gasteiger charge is -2.36. The van der Waals surface area contributed by atoms with Crippen LogP contribution in [0.3, 0.4) is 0 Å². The smallest absolute Gasteiger partial charge is 0.227 e. The van der Waals surface area contributed by atoms with Gasteiger partial charge >= 0.3 is 0 Å². The van der Waals surface area contributed by atoms with Gasteiger partial charge in [0.15, 0.2) is 0 Å². The number of hydrogen-bond donors (Lipinski definition) is 4. The van der Waals surface area contributed by atoms with Gasteiger partial charge in [0, 0.05) is 19.3 Å². The Morgan fingerprint density at radius 1 is 1.43 bits per heavy atom. The van der Waals surface area contributed by atoms with Crippen molar-refractivity contribution in [2.45, 2.75) is 37.5 Å². The first-order chi connectivity index (χ1) is 13.4. The number of hydrogen-bond acceptors (Lipinski definition) is 5. The van der Waals surface area contributed by atoms with Gasteiger partial charge in [-0.05, 0) is 29.7 Å². The Morgan fingerprint density at radius 3 is 2.96 bits per heavy atom. The molecule has 0 bridgehead atoms. The highest BCUT2D eigenvalue weighted by Gasteiger charge is 2.31. The standard InChI is InChI=1S/C19H23FN4O4/c20-14-3-1-2-13(7-14)17(26)8-18(27)23-15-11-24(5-4-16(15)25)19(28)6-12-9-21-22-10-12/h1-3,7,9-10,15-17,25-26H,4-6,8,11H2,(H,21,22)(H,23,27)/t15-,16-,17?/m1/s1. The van der Waals surface area contributed by atoms with Crippen molar-refractivity contribution in [1.29, 1.82) is 0 Å². The van der Waals surface area contributed by atoms with Crippen molar-refractivity contribution in [3.8, 4) is 0 Å². The summed E-state index contributed by atoms with van der Waals surface area (Å²) in [4.78, 5) is 26.3. The second-order valence-corrected chi connectivity index (χ2v) is 6.93. The van der Waals surface area contributed by atoms with E-state index in [1.807, 2.05) is 0 Å².